The summed E-state index contributed by atoms with van der Waals surface area (Å²) in [6.45, 7) is 0. The van der Waals surface area contributed by atoms with Crippen molar-refractivity contribution < 1.29 is 13.2 Å². The number of nitrogens with zero attached hydrogens (tertiary/aromatic N) is 2. The highest BCUT2D eigenvalue weighted by Crippen LogP contribution is 2.34. The number of hydrazone groups is 1. The van der Waals surface area contributed by atoms with Gasteiger partial charge >= 0.3 is 6.18 Å². The molecular formula is C16H11F3N4S. The smallest absolute Gasteiger partial charge is 0.331 e. The highest BCUT2D eigenvalue weighted by molar-refractivity contribution is 7.80. The summed E-state index contributed by atoms with van der Waals surface area (Å²) < 4.78 is 38.6. The summed E-state index contributed by atoms with van der Waals surface area (Å²) in [5.41, 5.74) is 2.70. The van der Waals surface area contributed by atoms with E-state index in [1.54, 1.807) is 24.3 Å². The topological polar surface area (TPSA) is 60.2 Å². The van der Waals surface area contributed by atoms with E-state index < -0.39 is 11.7 Å². The van der Waals surface area contributed by atoms with Gasteiger partial charge in [-0.25, -0.2) is 0 Å². The zero-order chi connectivity index (χ0) is 17.6. The van der Waals surface area contributed by atoms with E-state index in [9.17, 15) is 13.2 Å². The molecule has 0 aliphatic heterocycles. The molecule has 0 heterocycles. The van der Waals surface area contributed by atoms with Crippen molar-refractivity contribution in [3.05, 3.63) is 65.2 Å². The van der Waals surface area contributed by atoms with Gasteiger partial charge in [0.2, 0.25) is 0 Å². The molecule has 24 heavy (non-hydrogen) atoms. The molecule has 0 amide bonds. The van der Waals surface area contributed by atoms with Gasteiger partial charge in [-0.2, -0.15) is 23.5 Å². The van der Waals surface area contributed by atoms with Gasteiger partial charge in [-0.15, -0.1) is 0 Å². The van der Waals surface area contributed by atoms with E-state index in [-0.39, 0.29) is 10.8 Å². The van der Waals surface area contributed by atoms with Gasteiger partial charge < -0.3 is 5.32 Å². The predicted molar refractivity (Wildman–Crippen MR) is 89.6 cm³/mol. The summed E-state index contributed by atoms with van der Waals surface area (Å²) in [7, 11) is 0. The quantitative estimate of drug-likeness (QED) is 0.502. The Bertz CT molecular complexity index is 792. The normalized spacial score (nSPS) is 11.1. The Labute approximate surface area is 141 Å². The van der Waals surface area contributed by atoms with Crippen LogP contribution >= 0.6 is 12.2 Å². The zero-order valence-electron chi connectivity index (χ0n) is 12.1. The number of nitriles is 1. The lowest BCUT2D eigenvalue weighted by molar-refractivity contribution is -0.136. The van der Waals surface area contributed by atoms with E-state index >= 15 is 0 Å². The number of para-hydroxylation sites is 1. The number of hydrogen-bond acceptors (Lipinski definition) is 3. The third kappa shape index (κ3) is 4.79. The van der Waals surface area contributed by atoms with Crippen molar-refractivity contribution >= 4 is 29.2 Å². The van der Waals surface area contributed by atoms with E-state index in [0.29, 0.717) is 11.1 Å². The second-order valence-electron chi connectivity index (χ2n) is 4.60. The summed E-state index contributed by atoms with van der Waals surface area (Å²) in [4.78, 5) is 0. The molecule has 2 aromatic carbocycles. The largest absolute Gasteiger partial charge is 0.418 e. The third-order valence-corrected chi connectivity index (χ3v) is 3.09. The fourth-order valence-corrected chi connectivity index (χ4v) is 1.96. The molecule has 0 aromatic heterocycles. The van der Waals surface area contributed by atoms with Crippen LogP contribution in [0.15, 0.2) is 53.6 Å². The molecule has 2 aromatic rings. The van der Waals surface area contributed by atoms with Crippen LogP contribution < -0.4 is 10.7 Å². The summed E-state index contributed by atoms with van der Waals surface area (Å²) in [6.07, 6.45) is -3.05. The predicted octanol–water partition coefficient (Wildman–Crippen LogP) is 3.90. The maximum atomic E-state index is 12.9. The van der Waals surface area contributed by atoms with E-state index in [1.165, 1.54) is 24.4 Å². The van der Waals surface area contributed by atoms with Crippen LogP contribution in [0.2, 0.25) is 0 Å². The van der Waals surface area contributed by atoms with Gasteiger partial charge in [0.1, 0.15) is 0 Å². The first kappa shape index (κ1) is 17.4. The number of hydrogen-bond donors (Lipinski definition) is 2. The van der Waals surface area contributed by atoms with Crippen molar-refractivity contribution in [1.29, 1.82) is 5.26 Å². The SMILES string of the molecule is N#Cc1ccc(C=NNC(=S)Nc2ccccc2C(F)(F)F)cc1. The Morgan fingerprint density at radius 3 is 2.42 bits per heavy atom. The van der Waals surface area contributed by atoms with Crippen LogP contribution in [0.3, 0.4) is 0 Å². The molecule has 0 atom stereocenters. The average Bonchev–Trinajstić information content (AvgIpc) is 2.55. The molecule has 0 saturated heterocycles. The van der Waals surface area contributed by atoms with E-state index in [1.807, 2.05) is 6.07 Å². The molecule has 122 valence electrons. The molecule has 0 fully saturated rings. The average molecular weight is 348 g/mol. The highest BCUT2D eigenvalue weighted by atomic mass is 32.1. The number of rotatable bonds is 3. The molecule has 4 nitrogen and oxygen atoms in total. The van der Waals surface area contributed by atoms with Gasteiger partial charge in [0.15, 0.2) is 5.11 Å². The Kier molecular flexibility index (Phi) is 5.50. The number of thiocarbonyl (C=S) groups is 1. The van der Waals surface area contributed by atoms with Crippen LogP contribution in [0.5, 0.6) is 0 Å². The van der Waals surface area contributed by atoms with Gasteiger partial charge in [-0.3, -0.25) is 5.43 Å². The lowest BCUT2D eigenvalue weighted by atomic mass is 10.2. The number of anilines is 1. The molecule has 2 N–H and O–H groups in total. The maximum absolute atomic E-state index is 12.9. The van der Waals surface area contributed by atoms with Crippen molar-refractivity contribution in [2.75, 3.05) is 5.32 Å². The van der Waals surface area contributed by atoms with E-state index in [0.717, 1.165) is 6.07 Å². The van der Waals surface area contributed by atoms with E-state index in [2.05, 4.69) is 15.8 Å². The summed E-state index contributed by atoms with van der Waals surface area (Å²) in [5, 5.41) is 14.9. The lowest BCUT2D eigenvalue weighted by Crippen LogP contribution is -2.25. The van der Waals surface area contributed by atoms with Gasteiger partial charge in [-0.05, 0) is 42.0 Å². The second-order valence-corrected chi connectivity index (χ2v) is 5.01. The van der Waals surface area contributed by atoms with Gasteiger partial charge in [0.05, 0.1) is 29.1 Å². The van der Waals surface area contributed by atoms with Gasteiger partial charge in [0.25, 0.3) is 0 Å². The van der Waals surface area contributed by atoms with Crippen LogP contribution in [0.25, 0.3) is 0 Å². The van der Waals surface area contributed by atoms with Crippen molar-refractivity contribution in [3.63, 3.8) is 0 Å². The molecule has 8 heteroatoms. The Hall–Kier alpha value is -2.92. The summed E-state index contributed by atoms with van der Waals surface area (Å²) in [5.74, 6) is 0. The Morgan fingerprint density at radius 1 is 1.12 bits per heavy atom. The van der Waals surface area contributed by atoms with Gasteiger partial charge in [0, 0.05) is 0 Å². The van der Waals surface area contributed by atoms with Crippen molar-refractivity contribution in [2.24, 2.45) is 5.10 Å². The van der Waals surface area contributed by atoms with Crippen LogP contribution in [0.1, 0.15) is 16.7 Å². The zero-order valence-corrected chi connectivity index (χ0v) is 12.9. The van der Waals surface area contributed by atoms with Crippen molar-refractivity contribution in [1.82, 2.24) is 5.43 Å². The highest BCUT2D eigenvalue weighted by Gasteiger charge is 2.33. The molecule has 0 unspecified atom stereocenters. The third-order valence-electron chi connectivity index (χ3n) is 2.90. The number of benzene rings is 2. The first-order valence-corrected chi connectivity index (χ1v) is 7.07. The van der Waals surface area contributed by atoms with Crippen molar-refractivity contribution in [2.45, 2.75) is 6.18 Å². The number of alkyl halides is 3. The number of halogens is 3. The standard InChI is InChI=1S/C16H11F3N4S/c17-16(18,19)13-3-1-2-4-14(13)22-15(24)23-21-10-12-7-5-11(9-20)6-8-12/h1-8,10H,(H2,22,23,24). The molecule has 0 saturated carbocycles. The van der Waals surface area contributed by atoms with Crippen LogP contribution in [-0.4, -0.2) is 11.3 Å². The summed E-state index contributed by atoms with van der Waals surface area (Å²) >= 11 is 4.93. The lowest BCUT2D eigenvalue weighted by Gasteiger charge is -2.14. The molecule has 0 radical (unpaired) electrons. The fourth-order valence-electron chi connectivity index (χ4n) is 1.80. The monoisotopic (exact) mass is 348 g/mol. The van der Waals surface area contributed by atoms with Crippen LogP contribution in [-0.2, 0) is 6.18 Å². The molecule has 0 spiro atoms. The van der Waals surface area contributed by atoms with E-state index in [4.69, 9.17) is 17.5 Å². The minimum atomic E-state index is -4.48. The number of nitrogens with one attached hydrogen (secondary N) is 2. The van der Waals surface area contributed by atoms with Crippen LogP contribution in [0.4, 0.5) is 18.9 Å². The Morgan fingerprint density at radius 2 is 1.79 bits per heavy atom. The first-order valence-electron chi connectivity index (χ1n) is 6.66. The minimum absolute atomic E-state index is 0.0726. The molecular weight excluding hydrogens is 337 g/mol. The van der Waals surface area contributed by atoms with Crippen LogP contribution in [0, 0.1) is 11.3 Å². The molecule has 0 aliphatic carbocycles. The molecule has 0 bridgehead atoms. The minimum Gasteiger partial charge on any atom is -0.331 e. The Balaban J connectivity index is 1.99. The van der Waals surface area contributed by atoms with Gasteiger partial charge in [-0.1, -0.05) is 24.3 Å². The molecule has 2 rings (SSSR count). The molecule has 0 aliphatic rings. The first-order chi connectivity index (χ1) is 11.4. The summed E-state index contributed by atoms with van der Waals surface area (Å²) in [6, 6.07) is 13.6. The second kappa shape index (κ2) is 7.57. The fraction of sp³-hybridized carbons (Fsp3) is 0.0625. The van der Waals surface area contributed by atoms with Crippen molar-refractivity contribution in [3.8, 4) is 6.07 Å². The maximum Gasteiger partial charge on any atom is 0.418 e.